The van der Waals surface area contributed by atoms with Crippen molar-refractivity contribution in [3.63, 3.8) is 0 Å². The number of benzene rings is 1. The third-order valence-corrected chi connectivity index (χ3v) is 5.07. The van der Waals surface area contributed by atoms with Crippen molar-refractivity contribution in [2.45, 2.75) is 31.1 Å². The molecular formula is C17H18BrN5O4. The fourth-order valence-corrected chi connectivity index (χ4v) is 3.66. The molecule has 1 fully saturated rings. The molecule has 0 saturated carbocycles. The lowest BCUT2D eigenvalue weighted by atomic mass is 10.1. The monoisotopic (exact) mass is 435 g/mol. The van der Waals surface area contributed by atoms with E-state index >= 15 is 0 Å². The Morgan fingerprint density at radius 3 is 2.63 bits per heavy atom. The Labute approximate surface area is 162 Å². The minimum Gasteiger partial charge on any atom is -0.394 e. The van der Waals surface area contributed by atoms with Gasteiger partial charge in [-0.05, 0) is 21.5 Å². The molecule has 1 aliphatic rings. The quantitative estimate of drug-likeness (QED) is 0.433. The first kappa shape index (κ1) is 18.3. The number of halogens is 1. The van der Waals surface area contributed by atoms with Gasteiger partial charge in [0, 0.05) is 6.54 Å². The van der Waals surface area contributed by atoms with Gasteiger partial charge < -0.3 is 25.4 Å². The zero-order chi connectivity index (χ0) is 19.0. The van der Waals surface area contributed by atoms with Crippen LogP contribution in [-0.2, 0) is 11.3 Å². The number of aliphatic hydroxyl groups is 3. The van der Waals surface area contributed by atoms with Gasteiger partial charge in [-0.3, -0.25) is 4.57 Å². The molecule has 3 heterocycles. The Kier molecular flexibility index (Phi) is 5.06. The Balaban J connectivity index is 1.67. The van der Waals surface area contributed by atoms with Gasteiger partial charge in [0.2, 0.25) is 0 Å². The van der Waals surface area contributed by atoms with Crippen molar-refractivity contribution >= 4 is 32.9 Å². The van der Waals surface area contributed by atoms with E-state index in [0.29, 0.717) is 28.3 Å². The van der Waals surface area contributed by atoms with Gasteiger partial charge in [-0.15, -0.1) is 0 Å². The fourth-order valence-electron chi connectivity index (χ4n) is 3.11. The van der Waals surface area contributed by atoms with Crippen molar-refractivity contribution in [3.05, 3.63) is 47.0 Å². The van der Waals surface area contributed by atoms with Crippen molar-refractivity contribution in [1.29, 1.82) is 0 Å². The van der Waals surface area contributed by atoms with Gasteiger partial charge in [0.15, 0.2) is 27.9 Å². The lowest BCUT2D eigenvalue weighted by Crippen LogP contribution is -2.33. The number of anilines is 1. The highest BCUT2D eigenvalue weighted by Crippen LogP contribution is 2.35. The average Bonchev–Trinajstić information content (AvgIpc) is 3.17. The average molecular weight is 436 g/mol. The van der Waals surface area contributed by atoms with Crippen LogP contribution in [0.25, 0.3) is 11.2 Å². The smallest absolute Gasteiger partial charge is 0.181 e. The molecule has 142 valence electrons. The summed E-state index contributed by atoms with van der Waals surface area (Å²) in [5, 5.41) is 32.9. The van der Waals surface area contributed by atoms with Gasteiger partial charge in [0.25, 0.3) is 0 Å². The molecule has 0 bridgehead atoms. The maximum atomic E-state index is 10.3. The number of fused-ring (bicyclic) bond motifs is 1. The van der Waals surface area contributed by atoms with E-state index in [0.717, 1.165) is 5.56 Å². The first-order valence-corrected chi connectivity index (χ1v) is 9.18. The molecular weight excluding hydrogens is 418 g/mol. The highest BCUT2D eigenvalue weighted by atomic mass is 79.9. The Hall–Kier alpha value is -2.11. The zero-order valence-electron chi connectivity index (χ0n) is 14.1. The first-order chi connectivity index (χ1) is 13.1. The largest absolute Gasteiger partial charge is 0.394 e. The standard InChI is InChI=1S/C17H18BrN5O4/c18-17-22-11-14(19-6-9-4-2-1-3-5-9)20-8-21-15(11)23(17)16-13(26)12(25)10(7-24)27-16/h1-5,8,10,12-13,16,24-26H,6-7H2,(H,19,20,21)/t10-,12-,13-,16-/m1/s1. The molecule has 1 aromatic carbocycles. The normalized spacial score (nSPS) is 25.2. The van der Waals surface area contributed by atoms with Gasteiger partial charge in [0.1, 0.15) is 24.6 Å². The van der Waals surface area contributed by atoms with Crippen LogP contribution in [0, 0.1) is 0 Å². The molecule has 10 heteroatoms. The molecule has 0 aliphatic carbocycles. The van der Waals surface area contributed by atoms with Crippen LogP contribution in [0.4, 0.5) is 5.82 Å². The first-order valence-electron chi connectivity index (χ1n) is 8.39. The maximum absolute atomic E-state index is 10.3. The predicted molar refractivity (Wildman–Crippen MR) is 99.8 cm³/mol. The summed E-state index contributed by atoms with van der Waals surface area (Å²) in [6, 6.07) is 9.86. The van der Waals surface area contributed by atoms with E-state index in [9.17, 15) is 15.3 Å². The summed E-state index contributed by atoms with van der Waals surface area (Å²) in [6.07, 6.45) is -2.87. The van der Waals surface area contributed by atoms with Crippen molar-refractivity contribution < 1.29 is 20.1 Å². The minimum atomic E-state index is -1.23. The van der Waals surface area contributed by atoms with Crippen LogP contribution in [0.5, 0.6) is 0 Å². The molecule has 2 aromatic heterocycles. The fraction of sp³-hybridized carbons (Fsp3) is 0.353. The summed E-state index contributed by atoms with van der Waals surface area (Å²) < 4.78 is 7.51. The summed E-state index contributed by atoms with van der Waals surface area (Å²) in [6.45, 7) is 0.156. The number of ether oxygens (including phenoxy) is 1. The Bertz CT molecular complexity index is 938. The molecule has 0 unspecified atom stereocenters. The highest BCUT2D eigenvalue weighted by molar-refractivity contribution is 9.10. The lowest BCUT2D eigenvalue weighted by Gasteiger charge is -2.17. The molecule has 4 N–H and O–H groups in total. The predicted octanol–water partition coefficient (Wildman–Crippen LogP) is 0.812. The van der Waals surface area contributed by atoms with E-state index in [1.165, 1.54) is 10.9 Å². The van der Waals surface area contributed by atoms with E-state index in [1.807, 2.05) is 30.3 Å². The van der Waals surface area contributed by atoms with Gasteiger partial charge in [-0.1, -0.05) is 30.3 Å². The van der Waals surface area contributed by atoms with Crippen LogP contribution in [-0.4, -0.2) is 59.8 Å². The zero-order valence-corrected chi connectivity index (χ0v) is 15.7. The third kappa shape index (κ3) is 3.30. The van der Waals surface area contributed by atoms with Crippen LogP contribution in [0.15, 0.2) is 41.4 Å². The van der Waals surface area contributed by atoms with Gasteiger partial charge in [-0.25, -0.2) is 15.0 Å². The molecule has 1 saturated heterocycles. The van der Waals surface area contributed by atoms with Crippen molar-refractivity contribution in [3.8, 4) is 0 Å². The van der Waals surface area contributed by atoms with E-state index in [4.69, 9.17) is 4.74 Å². The van der Waals surface area contributed by atoms with Gasteiger partial charge in [0.05, 0.1) is 6.61 Å². The van der Waals surface area contributed by atoms with E-state index < -0.39 is 31.1 Å². The lowest BCUT2D eigenvalue weighted by molar-refractivity contribution is -0.0521. The number of rotatable bonds is 5. The molecule has 4 rings (SSSR count). The van der Waals surface area contributed by atoms with Gasteiger partial charge >= 0.3 is 0 Å². The van der Waals surface area contributed by atoms with Crippen LogP contribution >= 0.6 is 15.9 Å². The van der Waals surface area contributed by atoms with Crippen LogP contribution < -0.4 is 5.32 Å². The van der Waals surface area contributed by atoms with Gasteiger partial charge in [-0.2, -0.15) is 0 Å². The van der Waals surface area contributed by atoms with E-state index in [2.05, 4.69) is 36.2 Å². The van der Waals surface area contributed by atoms with E-state index in [1.54, 1.807) is 0 Å². The molecule has 0 amide bonds. The SMILES string of the molecule is OC[C@H]1O[C@@H](n2c(Br)nc3c(NCc4ccccc4)ncnc32)[C@H](O)[C@@H]1O. The number of aliphatic hydroxyl groups excluding tert-OH is 3. The summed E-state index contributed by atoms with van der Waals surface area (Å²) in [5.41, 5.74) is 2.02. The molecule has 4 atom stereocenters. The number of imidazole rings is 1. The summed E-state index contributed by atoms with van der Waals surface area (Å²) >= 11 is 3.36. The second-order valence-electron chi connectivity index (χ2n) is 6.21. The summed E-state index contributed by atoms with van der Waals surface area (Å²) in [4.78, 5) is 13.0. The summed E-state index contributed by atoms with van der Waals surface area (Å²) in [7, 11) is 0. The Morgan fingerprint density at radius 2 is 1.93 bits per heavy atom. The highest BCUT2D eigenvalue weighted by Gasteiger charge is 2.44. The molecule has 9 nitrogen and oxygen atoms in total. The molecule has 0 spiro atoms. The number of hydrogen-bond acceptors (Lipinski definition) is 8. The molecule has 0 radical (unpaired) electrons. The van der Waals surface area contributed by atoms with Crippen LogP contribution in [0.2, 0.25) is 0 Å². The molecule has 1 aliphatic heterocycles. The maximum Gasteiger partial charge on any atom is 0.181 e. The van der Waals surface area contributed by atoms with E-state index in [-0.39, 0.29) is 0 Å². The second kappa shape index (κ2) is 7.49. The van der Waals surface area contributed by atoms with Crippen molar-refractivity contribution in [1.82, 2.24) is 19.5 Å². The third-order valence-electron chi connectivity index (χ3n) is 4.51. The molecule has 27 heavy (non-hydrogen) atoms. The topological polar surface area (TPSA) is 126 Å². The van der Waals surface area contributed by atoms with Crippen molar-refractivity contribution in [2.75, 3.05) is 11.9 Å². The second-order valence-corrected chi connectivity index (χ2v) is 6.92. The number of nitrogens with zero attached hydrogens (tertiary/aromatic N) is 4. The van der Waals surface area contributed by atoms with Crippen LogP contribution in [0.1, 0.15) is 11.8 Å². The van der Waals surface area contributed by atoms with Crippen LogP contribution in [0.3, 0.4) is 0 Å². The number of nitrogens with one attached hydrogen (secondary N) is 1. The minimum absolute atomic E-state index is 0.371. The molecule has 3 aromatic rings. The summed E-state index contributed by atoms with van der Waals surface area (Å²) in [5.74, 6) is 0.537. The number of hydrogen-bond donors (Lipinski definition) is 4. The number of aromatic nitrogens is 4. The van der Waals surface area contributed by atoms with Crippen molar-refractivity contribution in [2.24, 2.45) is 0 Å². The Morgan fingerprint density at radius 1 is 1.15 bits per heavy atom.